The van der Waals surface area contributed by atoms with E-state index < -0.39 is 0 Å². The fourth-order valence-electron chi connectivity index (χ4n) is 6.34. The van der Waals surface area contributed by atoms with Gasteiger partial charge in [-0.25, -0.2) is 4.68 Å². The summed E-state index contributed by atoms with van der Waals surface area (Å²) >= 11 is 0. The highest BCUT2D eigenvalue weighted by Crippen LogP contribution is 2.39. The lowest BCUT2D eigenvalue weighted by Crippen LogP contribution is -2.54. The third kappa shape index (κ3) is 4.69. The zero-order valence-corrected chi connectivity index (χ0v) is 19.5. The van der Waals surface area contributed by atoms with Crippen LogP contribution in [-0.2, 0) is 16.0 Å². The Balaban J connectivity index is 1.34. The monoisotopic (exact) mass is 449 g/mol. The first-order valence-electron chi connectivity index (χ1n) is 12.5. The van der Waals surface area contributed by atoms with E-state index in [9.17, 15) is 9.59 Å². The minimum atomic E-state index is -0.307. The number of carbonyl (C=O) groups is 2. The topological polar surface area (TPSA) is 79.3 Å². The Morgan fingerprint density at radius 1 is 1.15 bits per heavy atom. The Labute approximate surface area is 195 Å². The number of likely N-dealkylation sites (tertiary alicyclic amines) is 1. The number of rotatable bonds is 6. The van der Waals surface area contributed by atoms with Gasteiger partial charge in [0.1, 0.15) is 5.82 Å². The molecule has 1 aromatic carbocycles. The standard InChI is InChI=1S/C26H35N5O2/c1-26-17-21(16-19-8-3-2-4-9-19)30(22(26)12-7-13-24(32)29-26)18-25(33)28-23-14-15-27-31(23)20-10-5-6-11-20/h2-4,8-9,14-15,20-22H,5-7,10-13,16-18H2,1H3,(H,28,33)(H,29,32)/t21-,22+,26+/m1/s1. The minimum Gasteiger partial charge on any atom is -0.349 e. The number of benzene rings is 1. The average Bonchev–Trinajstić information content (AvgIpc) is 3.49. The molecule has 0 spiro atoms. The maximum Gasteiger partial charge on any atom is 0.239 e. The van der Waals surface area contributed by atoms with Crippen LogP contribution in [0.1, 0.15) is 69.9 Å². The van der Waals surface area contributed by atoms with Gasteiger partial charge in [0.05, 0.1) is 24.3 Å². The molecule has 1 saturated carbocycles. The van der Waals surface area contributed by atoms with Crippen LogP contribution in [0, 0.1) is 0 Å². The van der Waals surface area contributed by atoms with Gasteiger partial charge in [-0.2, -0.15) is 5.10 Å². The summed E-state index contributed by atoms with van der Waals surface area (Å²) in [4.78, 5) is 28.0. The van der Waals surface area contributed by atoms with E-state index in [1.165, 1.54) is 18.4 Å². The zero-order valence-electron chi connectivity index (χ0n) is 19.5. The van der Waals surface area contributed by atoms with Gasteiger partial charge >= 0.3 is 0 Å². The van der Waals surface area contributed by atoms with E-state index in [0.717, 1.165) is 44.3 Å². The number of carbonyl (C=O) groups excluding carboxylic acids is 2. The number of anilines is 1. The SMILES string of the molecule is C[C@]12C[C@@H](Cc3ccccc3)N(CC(=O)Nc3ccnn3C3CCCC3)[C@H]1CCCC(=O)N2. The molecule has 2 saturated heterocycles. The molecule has 7 heteroatoms. The Kier molecular flexibility index (Phi) is 6.23. The molecule has 0 radical (unpaired) electrons. The van der Waals surface area contributed by atoms with E-state index in [1.807, 2.05) is 16.8 Å². The molecule has 2 aromatic rings. The zero-order chi connectivity index (χ0) is 22.8. The van der Waals surface area contributed by atoms with Gasteiger partial charge in [-0.1, -0.05) is 43.2 Å². The minimum absolute atomic E-state index is 0.00682. The maximum absolute atomic E-state index is 13.3. The van der Waals surface area contributed by atoms with Crippen molar-refractivity contribution >= 4 is 17.6 Å². The first-order valence-corrected chi connectivity index (χ1v) is 12.5. The molecule has 0 unspecified atom stereocenters. The summed E-state index contributed by atoms with van der Waals surface area (Å²) in [5.41, 5.74) is 0.956. The van der Waals surface area contributed by atoms with Crippen molar-refractivity contribution < 1.29 is 9.59 Å². The van der Waals surface area contributed by atoms with Gasteiger partial charge in [0, 0.05) is 24.6 Å². The summed E-state index contributed by atoms with van der Waals surface area (Å²) < 4.78 is 1.99. The van der Waals surface area contributed by atoms with Crippen molar-refractivity contribution in [2.75, 3.05) is 11.9 Å². The Morgan fingerprint density at radius 2 is 1.94 bits per heavy atom. The summed E-state index contributed by atoms with van der Waals surface area (Å²) in [5, 5.41) is 10.9. The van der Waals surface area contributed by atoms with Crippen LogP contribution in [0.15, 0.2) is 42.6 Å². The molecule has 2 N–H and O–H groups in total. The van der Waals surface area contributed by atoms with E-state index in [4.69, 9.17) is 0 Å². The average molecular weight is 450 g/mol. The molecule has 0 bridgehead atoms. The molecule has 2 aliphatic heterocycles. The molecular formula is C26H35N5O2. The normalized spacial score (nSPS) is 28.3. The van der Waals surface area contributed by atoms with E-state index in [0.29, 0.717) is 19.0 Å². The second-order valence-corrected chi connectivity index (χ2v) is 10.2. The van der Waals surface area contributed by atoms with Crippen LogP contribution in [0.5, 0.6) is 0 Å². The molecule has 3 heterocycles. The fraction of sp³-hybridized carbons (Fsp3) is 0.577. The summed E-state index contributed by atoms with van der Waals surface area (Å²) in [7, 11) is 0. The van der Waals surface area contributed by atoms with E-state index in [2.05, 4.69) is 51.8 Å². The highest BCUT2D eigenvalue weighted by molar-refractivity contribution is 5.91. The van der Waals surface area contributed by atoms with Crippen LogP contribution < -0.4 is 10.6 Å². The fourth-order valence-corrected chi connectivity index (χ4v) is 6.34. The van der Waals surface area contributed by atoms with Crippen LogP contribution in [-0.4, -0.2) is 50.7 Å². The van der Waals surface area contributed by atoms with E-state index in [-0.39, 0.29) is 29.4 Å². The molecule has 5 rings (SSSR count). The Bertz CT molecular complexity index is 984. The molecule has 176 valence electrons. The Morgan fingerprint density at radius 3 is 2.73 bits per heavy atom. The Hall–Kier alpha value is -2.67. The molecular weight excluding hydrogens is 414 g/mol. The number of hydrogen-bond donors (Lipinski definition) is 2. The number of nitrogens with zero attached hydrogens (tertiary/aromatic N) is 3. The summed E-state index contributed by atoms with van der Waals surface area (Å²) in [6, 6.07) is 13.1. The van der Waals surface area contributed by atoms with Crippen molar-refractivity contribution in [3.05, 3.63) is 48.2 Å². The first kappa shape index (κ1) is 22.1. The highest BCUT2D eigenvalue weighted by Gasteiger charge is 2.50. The van der Waals surface area contributed by atoms with Gasteiger partial charge < -0.3 is 10.6 Å². The third-order valence-corrected chi connectivity index (χ3v) is 7.82. The van der Waals surface area contributed by atoms with Crippen LogP contribution in [0.3, 0.4) is 0 Å². The van der Waals surface area contributed by atoms with Crippen LogP contribution in [0.2, 0.25) is 0 Å². The lowest BCUT2D eigenvalue weighted by Gasteiger charge is -2.34. The van der Waals surface area contributed by atoms with Crippen LogP contribution >= 0.6 is 0 Å². The smallest absolute Gasteiger partial charge is 0.239 e. The second kappa shape index (κ2) is 9.29. The molecule has 1 aliphatic carbocycles. The summed E-state index contributed by atoms with van der Waals surface area (Å²) in [6.45, 7) is 2.48. The van der Waals surface area contributed by atoms with Crippen molar-refractivity contribution in [1.29, 1.82) is 0 Å². The molecule has 33 heavy (non-hydrogen) atoms. The highest BCUT2D eigenvalue weighted by atomic mass is 16.2. The molecule has 1 aromatic heterocycles. The number of fused-ring (bicyclic) bond motifs is 1. The maximum atomic E-state index is 13.3. The van der Waals surface area contributed by atoms with Gasteiger partial charge in [-0.15, -0.1) is 0 Å². The van der Waals surface area contributed by atoms with Crippen LogP contribution in [0.4, 0.5) is 5.82 Å². The van der Waals surface area contributed by atoms with Gasteiger partial charge in [0.2, 0.25) is 11.8 Å². The van der Waals surface area contributed by atoms with Gasteiger partial charge in [-0.3, -0.25) is 14.5 Å². The number of hydrogen-bond acceptors (Lipinski definition) is 4. The van der Waals surface area contributed by atoms with Gasteiger partial charge in [0.15, 0.2) is 0 Å². The lowest BCUT2D eigenvalue weighted by molar-refractivity contribution is -0.122. The van der Waals surface area contributed by atoms with Crippen molar-refractivity contribution in [1.82, 2.24) is 20.0 Å². The number of nitrogens with one attached hydrogen (secondary N) is 2. The van der Waals surface area contributed by atoms with Crippen molar-refractivity contribution in [2.24, 2.45) is 0 Å². The number of amides is 2. The van der Waals surface area contributed by atoms with E-state index in [1.54, 1.807) is 6.20 Å². The van der Waals surface area contributed by atoms with Crippen molar-refractivity contribution in [2.45, 2.75) is 88.4 Å². The largest absolute Gasteiger partial charge is 0.349 e. The predicted octanol–water partition coefficient (Wildman–Crippen LogP) is 3.68. The molecule has 7 nitrogen and oxygen atoms in total. The predicted molar refractivity (Wildman–Crippen MR) is 128 cm³/mol. The second-order valence-electron chi connectivity index (χ2n) is 10.2. The van der Waals surface area contributed by atoms with Crippen molar-refractivity contribution in [3.63, 3.8) is 0 Å². The molecule has 3 aliphatic rings. The van der Waals surface area contributed by atoms with E-state index >= 15 is 0 Å². The van der Waals surface area contributed by atoms with Crippen LogP contribution in [0.25, 0.3) is 0 Å². The van der Waals surface area contributed by atoms with Gasteiger partial charge in [-0.05, 0) is 51.0 Å². The van der Waals surface area contributed by atoms with Crippen molar-refractivity contribution in [3.8, 4) is 0 Å². The summed E-state index contributed by atoms with van der Waals surface area (Å²) in [6.07, 6.45) is 10.5. The third-order valence-electron chi connectivity index (χ3n) is 7.82. The quantitative estimate of drug-likeness (QED) is 0.705. The van der Waals surface area contributed by atoms with Gasteiger partial charge in [0.25, 0.3) is 0 Å². The molecule has 2 amide bonds. The number of aromatic nitrogens is 2. The first-order chi connectivity index (χ1) is 16.0. The molecule has 3 atom stereocenters. The summed E-state index contributed by atoms with van der Waals surface area (Å²) in [5.74, 6) is 0.917. The lowest BCUT2D eigenvalue weighted by atomic mass is 9.89. The molecule has 3 fully saturated rings.